The molecule has 9 nitrogen and oxygen atoms in total. The molecule has 0 saturated carbocycles. The average Bonchev–Trinajstić information content (AvgIpc) is 3.39. The number of carbonyl (C=O) groups is 2. The summed E-state index contributed by atoms with van der Waals surface area (Å²) in [4.78, 5) is 41.5. The lowest BCUT2D eigenvalue weighted by molar-refractivity contribution is -0.384. The summed E-state index contributed by atoms with van der Waals surface area (Å²) >= 11 is 1.22. The molecule has 0 unspecified atom stereocenters. The number of ether oxygens (including phenoxy) is 1. The third kappa shape index (κ3) is 4.55. The summed E-state index contributed by atoms with van der Waals surface area (Å²) in [6, 6.07) is 16.5. The minimum atomic E-state index is -0.448. The van der Waals surface area contributed by atoms with Crippen molar-refractivity contribution in [3.05, 3.63) is 93.1 Å². The number of nitro benzene ring substituents is 1. The predicted octanol–water partition coefficient (Wildman–Crippen LogP) is 4.41. The molecular formula is C23H18N4O5S. The SMILES string of the molecule is COC(=O)c1ccc(N=C2SC(=Cc3cccn3-c3cccc([N+](=O)[O-])c3)C(=O)N2C)cc1. The summed E-state index contributed by atoms with van der Waals surface area (Å²) < 4.78 is 6.46. The van der Waals surface area contributed by atoms with E-state index < -0.39 is 10.9 Å². The highest BCUT2D eigenvalue weighted by Gasteiger charge is 2.30. The minimum absolute atomic E-state index is 0.0153. The zero-order chi connectivity index (χ0) is 23.5. The topological polar surface area (TPSA) is 107 Å². The van der Waals surface area contributed by atoms with Crippen LogP contribution in [-0.4, -0.2) is 45.6 Å². The van der Waals surface area contributed by atoms with E-state index in [-0.39, 0.29) is 11.6 Å². The molecule has 2 aromatic carbocycles. The van der Waals surface area contributed by atoms with Crippen molar-refractivity contribution in [1.82, 2.24) is 9.47 Å². The number of likely N-dealkylation sites (N-methyl/N-ethyl adjacent to an activating group) is 1. The van der Waals surface area contributed by atoms with Gasteiger partial charge >= 0.3 is 5.97 Å². The Kier molecular flexibility index (Phi) is 6.09. The van der Waals surface area contributed by atoms with E-state index in [1.165, 1.54) is 35.9 Å². The maximum absolute atomic E-state index is 12.8. The molecule has 1 aliphatic heterocycles. The summed E-state index contributed by atoms with van der Waals surface area (Å²) in [6.45, 7) is 0. The first-order chi connectivity index (χ1) is 15.9. The van der Waals surface area contributed by atoms with Crippen LogP contribution in [-0.2, 0) is 9.53 Å². The van der Waals surface area contributed by atoms with E-state index >= 15 is 0 Å². The van der Waals surface area contributed by atoms with Crippen LogP contribution in [0.3, 0.4) is 0 Å². The Labute approximate surface area is 193 Å². The predicted molar refractivity (Wildman–Crippen MR) is 126 cm³/mol. The summed E-state index contributed by atoms with van der Waals surface area (Å²) in [6.07, 6.45) is 3.50. The fraction of sp³-hybridized carbons (Fsp3) is 0.0870. The third-order valence-electron chi connectivity index (χ3n) is 4.89. The first-order valence-electron chi connectivity index (χ1n) is 9.74. The highest BCUT2D eigenvalue weighted by atomic mass is 32.2. The normalized spacial score (nSPS) is 15.9. The molecule has 33 heavy (non-hydrogen) atoms. The summed E-state index contributed by atoms with van der Waals surface area (Å²) in [7, 11) is 2.95. The van der Waals surface area contributed by atoms with E-state index in [1.54, 1.807) is 66.4 Å². The van der Waals surface area contributed by atoms with Gasteiger partial charge in [0, 0.05) is 31.1 Å². The fourth-order valence-electron chi connectivity index (χ4n) is 3.19. The largest absolute Gasteiger partial charge is 0.465 e. The maximum atomic E-state index is 12.8. The number of amidine groups is 1. The van der Waals surface area contributed by atoms with Gasteiger partial charge in [0.25, 0.3) is 11.6 Å². The third-order valence-corrected chi connectivity index (χ3v) is 5.95. The number of methoxy groups -OCH3 is 1. The second kappa shape index (κ2) is 9.13. The molecule has 0 atom stereocenters. The van der Waals surface area contributed by atoms with Gasteiger partial charge in [0.1, 0.15) is 0 Å². The Morgan fingerprint density at radius 1 is 1.15 bits per heavy atom. The second-order valence-corrected chi connectivity index (χ2v) is 8.00. The van der Waals surface area contributed by atoms with Crippen LogP contribution >= 0.6 is 11.8 Å². The van der Waals surface area contributed by atoms with Crippen molar-refractivity contribution in [2.75, 3.05) is 14.2 Å². The molecule has 1 aromatic heterocycles. The first-order valence-corrected chi connectivity index (χ1v) is 10.6. The molecule has 2 heterocycles. The monoisotopic (exact) mass is 462 g/mol. The van der Waals surface area contributed by atoms with E-state index in [4.69, 9.17) is 0 Å². The Morgan fingerprint density at radius 3 is 2.61 bits per heavy atom. The van der Waals surface area contributed by atoms with Gasteiger partial charge in [0.15, 0.2) is 5.17 Å². The number of aliphatic imine (C=N–C) groups is 1. The lowest BCUT2D eigenvalue weighted by Crippen LogP contribution is -2.23. The van der Waals surface area contributed by atoms with Crippen molar-refractivity contribution in [1.29, 1.82) is 0 Å². The molecule has 166 valence electrons. The number of thioether (sulfide) groups is 1. The summed E-state index contributed by atoms with van der Waals surface area (Å²) in [5, 5.41) is 11.6. The number of non-ortho nitro benzene ring substituents is 1. The Hall–Kier alpha value is -4.18. The van der Waals surface area contributed by atoms with Gasteiger partial charge in [0.2, 0.25) is 0 Å². The van der Waals surface area contributed by atoms with Crippen LogP contribution in [0.4, 0.5) is 11.4 Å². The van der Waals surface area contributed by atoms with Crippen LogP contribution < -0.4 is 0 Å². The average molecular weight is 462 g/mol. The minimum Gasteiger partial charge on any atom is -0.465 e. The first kappa shape index (κ1) is 22.0. The van der Waals surface area contributed by atoms with Crippen molar-refractivity contribution in [3.63, 3.8) is 0 Å². The number of hydrogen-bond donors (Lipinski definition) is 0. The number of nitro groups is 1. The number of esters is 1. The van der Waals surface area contributed by atoms with Crippen LogP contribution in [0.25, 0.3) is 11.8 Å². The van der Waals surface area contributed by atoms with Gasteiger partial charge in [-0.2, -0.15) is 0 Å². The van der Waals surface area contributed by atoms with Crippen molar-refractivity contribution < 1.29 is 19.2 Å². The number of aromatic nitrogens is 1. The van der Waals surface area contributed by atoms with Crippen LogP contribution in [0, 0.1) is 10.1 Å². The smallest absolute Gasteiger partial charge is 0.337 e. The molecule has 1 saturated heterocycles. The second-order valence-electron chi connectivity index (χ2n) is 6.99. The van der Waals surface area contributed by atoms with E-state index in [9.17, 15) is 19.7 Å². The number of nitrogens with zero attached hydrogens (tertiary/aromatic N) is 4. The molecule has 4 rings (SSSR count). The molecular weight excluding hydrogens is 444 g/mol. The fourth-order valence-corrected chi connectivity index (χ4v) is 4.16. The summed E-state index contributed by atoms with van der Waals surface area (Å²) in [5.41, 5.74) is 2.30. The van der Waals surface area contributed by atoms with E-state index in [2.05, 4.69) is 9.73 Å². The molecule has 0 aliphatic carbocycles. The van der Waals surface area contributed by atoms with Crippen molar-refractivity contribution in [2.45, 2.75) is 0 Å². The van der Waals surface area contributed by atoms with Gasteiger partial charge in [0.05, 0.1) is 33.9 Å². The standard InChI is InChI=1S/C23H18N4O5S/c1-25-21(28)20(33-23(25)24-16-10-8-15(9-11-16)22(29)32-2)14-18-7-4-12-26(18)17-5-3-6-19(13-17)27(30)31/h3-14H,1-2H3. The zero-order valence-electron chi connectivity index (χ0n) is 17.7. The van der Waals surface area contributed by atoms with Crippen LogP contribution in [0.5, 0.6) is 0 Å². The van der Waals surface area contributed by atoms with Gasteiger partial charge in [-0.3, -0.25) is 19.8 Å². The van der Waals surface area contributed by atoms with E-state index in [1.807, 2.05) is 6.07 Å². The maximum Gasteiger partial charge on any atom is 0.337 e. The van der Waals surface area contributed by atoms with Crippen molar-refractivity contribution in [3.8, 4) is 5.69 Å². The zero-order valence-corrected chi connectivity index (χ0v) is 18.5. The number of hydrogen-bond acceptors (Lipinski definition) is 7. The molecule has 1 fully saturated rings. The van der Waals surface area contributed by atoms with Gasteiger partial charge in [-0.05, 0) is 60.3 Å². The van der Waals surface area contributed by atoms with Gasteiger partial charge in [-0.25, -0.2) is 9.79 Å². The van der Waals surface area contributed by atoms with Gasteiger partial charge in [-0.1, -0.05) is 6.07 Å². The number of rotatable bonds is 5. The molecule has 1 aliphatic rings. The Bertz CT molecular complexity index is 1310. The molecule has 0 radical (unpaired) electrons. The van der Waals surface area contributed by atoms with Gasteiger partial charge in [-0.15, -0.1) is 0 Å². The van der Waals surface area contributed by atoms with Crippen molar-refractivity contribution in [2.24, 2.45) is 4.99 Å². The highest BCUT2D eigenvalue weighted by molar-refractivity contribution is 8.18. The Morgan fingerprint density at radius 2 is 1.91 bits per heavy atom. The van der Waals surface area contributed by atoms with Crippen LogP contribution in [0.1, 0.15) is 16.1 Å². The van der Waals surface area contributed by atoms with Crippen molar-refractivity contribution >= 4 is 46.3 Å². The lowest BCUT2D eigenvalue weighted by atomic mass is 10.2. The lowest BCUT2D eigenvalue weighted by Gasteiger charge is -2.07. The molecule has 10 heteroatoms. The number of carbonyl (C=O) groups excluding carboxylic acids is 2. The van der Waals surface area contributed by atoms with E-state index in [0.29, 0.717) is 32.7 Å². The highest BCUT2D eigenvalue weighted by Crippen LogP contribution is 2.33. The number of benzene rings is 2. The van der Waals surface area contributed by atoms with Crippen LogP contribution in [0.2, 0.25) is 0 Å². The summed E-state index contributed by atoms with van der Waals surface area (Å²) in [5.74, 6) is -0.648. The van der Waals surface area contributed by atoms with Gasteiger partial charge < -0.3 is 9.30 Å². The number of amides is 1. The van der Waals surface area contributed by atoms with Crippen LogP contribution in [0.15, 0.2) is 76.8 Å². The quantitative estimate of drug-likeness (QED) is 0.241. The molecule has 0 spiro atoms. The molecule has 0 bridgehead atoms. The molecule has 0 N–H and O–H groups in total. The van der Waals surface area contributed by atoms with E-state index in [0.717, 1.165) is 0 Å². The Balaban J connectivity index is 1.61. The molecule has 3 aromatic rings. The molecule has 1 amide bonds.